The second-order valence-electron chi connectivity index (χ2n) is 14.2. The van der Waals surface area contributed by atoms with Crippen LogP contribution in [0, 0.1) is 0 Å². The summed E-state index contributed by atoms with van der Waals surface area (Å²) < 4.78 is 18.3. The summed E-state index contributed by atoms with van der Waals surface area (Å²) in [4.78, 5) is 26.3. The zero-order valence-electron chi connectivity index (χ0n) is 32.4. The van der Waals surface area contributed by atoms with Crippen molar-refractivity contribution >= 4 is 11.6 Å². The van der Waals surface area contributed by atoms with Crippen LogP contribution >= 0.6 is 0 Å². The number of carbonyl (C=O) groups excluding carboxylic acids is 2. The predicted octanol–water partition coefficient (Wildman–Crippen LogP) is 13.7. The first kappa shape index (κ1) is 43.3. The van der Waals surface area contributed by atoms with Crippen LogP contribution < -0.4 is 14.2 Å². The second kappa shape index (κ2) is 29.9. The van der Waals surface area contributed by atoms with Gasteiger partial charge in [-0.3, -0.25) is 9.59 Å². The molecule has 2 rings (SSSR count). The summed E-state index contributed by atoms with van der Waals surface area (Å²) in [6.07, 6.45) is 29.7. The largest absolute Gasteiger partial charge is 0.494 e. The van der Waals surface area contributed by atoms with Gasteiger partial charge in [-0.1, -0.05) is 156 Å². The Kier molecular flexibility index (Phi) is 25.9. The molecule has 0 bridgehead atoms. The summed E-state index contributed by atoms with van der Waals surface area (Å²) in [6.45, 7) is 8.65. The Morgan fingerprint density at radius 1 is 0.400 bits per heavy atom. The topological polar surface area (TPSA) is 61.8 Å². The van der Waals surface area contributed by atoms with Crippen molar-refractivity contribution in [3.05, 3.63) is 53.6 Å². The Labute approximate surface area is 306 Å². The van der Waals surface area contributed by atoms with Gasteiger partial charge in [0.25, 0.3) is 0 Å². The summed E-state index contributed by atoms with van der Waals surface area (Å²) in [7, 11) is 0. The smallest absolute Gasteiger partial charge is 0.170 e. The highest BCUT2D eigenvalue weighted by molar-refractivity contribution is 6.13. The van der Waals surface area contributed by atoms with E-state index in [0.29, 0.717) is 42.4 Å². The minimum atomic E-state index is -0.212. The molecule has 0 aliphatic heterocycles. The molecule has 2 aromatic carbocycles. The van der Waals surface area contributed by atoms with E-state index in [1.807, 2.05) is 18.2 Å². The van der Waals surface area contributed by atoms with Gasteiger partial charge in [-0.15, -0.1) is 0 Å². The monoisotopic (exact) mass is 693 g/mol. The quantitative estimate of drug-likeness (QED) is 0.0415. The van der Waals surface area contributed by atoms with Gasteiger partial charge in [0.1, 0.15) is 5.75 Å². The maximum absolute atomic E-state index is 13.3. The number of hydrogen-bond donors (Lipinski definition) is 0. The molecule has 5 heteroatoms. The van der Waals surface area contributed by atoms with Gasteiger partial charge in [0.2, 0.25) is 0 Å². The van der Waals surface area contributed by atoms with Crippen molar-refractivity contribution in [2.24, 2.45) is 0 Å². The van der Waals surface area contributed by atoms with Gasteiger partial charge in [-0.2, -0.15) is 0 Å². The third kappa shape index (κ3) is 20.8. The first-order valence-electron chi connectivity index (χ1n) is 20.8. The van der Waals surface area contributed by atoms with E-state index in [4.69, 9.17) is 14.2 Å². The average Bonchev–Trinajstić information content (AvgIpc) is 3.13. The van der Waals surface area contributed by atoms with Gasteiger partial charge in [-0.25, -0.2) is 0 Å². The molecule has 0 aromatic heterocycles. The van der Waals surface area contributed by atoms with Crippen LogP contribution in [-0.4, -0.2) is 31.4 Å². The fourth-order valence-electron chi connectivity index (χ4n) is 6.26. The van der Waals surface area contributed by atoms with Gasteiger partial charge in [0, 0.05) is 11.1 Å². The molecule has 50 heavy (non-hydrogen) atoms. The molecule has 0 atom stereocenters. The van der Waals surface area contributed by atoms with Crippen LogP contribution in [0.5, 0.6) is 17.2 Å². The van der Waals surface area contributed by atoms with Gasteiger partial charge < -0.3 is 14.2 Å². The number of carbonyl (C=O) groups is 2. The van der Waals surface area contributed by atoms with Gasteiger partial charge >= 0.3 is 0 Å². The Balaban J connectivity index is 1.85. The van der Waals surface area contributed by atoms with Crippen molar-refractivity contribution in [1.82, 2.24) is 0 Å². The molecule has 0 radical (unpaired) electrons. The lowest BCUT2D eigenvalue weighted by Crippen LogP contribution is -2.10. The zero-order chi connectivity index (χ0) is 35.9. The molecule has 2 aromatic rings. The number of unbranched alkanes of at least 4 members (excludes halogenated alkanes) is 21. The normalized spacial score (nSPS) is 11.1. The summed E-state index contributed by atoms with van der Waals surface area (Å²) >= 11 is 0. The number of benzene rings is 2. The molecule has 5 nitrogen and oxygen atoms in total. The minimum absolute atomic E-state index is 0.186. The molecule has 0 amide bonds. The van der Waals surface area contributed by atoms with E-state index in [1.54, 1.807) is 24.3 Å². The van der Waals surface area contributed by atoms with Crippen molar-refractivity contribution in [3.8, 4) is 17.2 Å². The lowest BCUT2D eigenvalue weighted by molar-refractivity contribution is 0.0894. The highest BCUT2D eigenvalue weighted by Gasteiger charge is 2.17. The fraction of sp³-hybridized carbons (Fsp3) is 0.689. The third-order valence-electron chi connectivity index (χ3n) is 9.54. The molecule has 0 saturated heterocycles. The van der Waals surface area contributed by atoms with Gasteiger partial charge in [0.05, 0.1) is 26.2 Å². The Morgan fingerprint density at radius 3 is 1.22 bits per heavy atom. The van der Waals surface area contributed by atoms with E-state index in [1.165, 1.54) is 122 Å². The van der Waals surface area contributed by atoms with Crippen molar-refractivity contribution in [2.45, 2.75) is 181 Å². The summed E-state index contributed by atoms with van der Waals surface area (Å²) in [5.41, 5.74) is 1.00. The van der Waals surface area contributed by atoms with Crippen molar-refractivity contribution in [3.63, 3.8) is 0 Å². The Morgan fingerprint density at radius 2 is 0.760 bits per heavy atom. The van der Waals surface area contributed by atoms with E-state index >= 15 is 0 Å². The first-order chi connectivity index (χ1) is 24.6. The number of rotatable bonds is 34. The molecule has 0 fully saturated rings. The molecule has 0 aliphatic carbocycles. The minimum Gasteiger partial charge on any atom is -0.494 e. The van der Waals surface area contributed by atoms with Crippen molar-refractivity contribution in [1.29, 1.82) is 0 Å². The van der Waals surface area contributed by atoms with Crippen LogP contribution in [0.4, 0.5) is 0 Å². The number of hydrogen-bond acceptors (Lipinski definition) is 5. The van der Waals surface area contributed by atoms with Crippen LogP contribution in [0.3, 0.4) is 0 Å². The van der Waals surface area contributed by atoms with Crippen LogP contribution in [0.2, 0.25) is 0 Å². The fourth-order valence-corrected chi connectivity index (χ4v) is 6.26. The van der Waals surface area contributed by atoms with Gasteiger partial charge in [0.15, 0.2) is 23.1 Å². The lowest BCUT2D eigenvalue weighted by Gasteiger charge is -2.14. The van der Waals surface area contributed by atoms with Gasteiger partial charge in [-0.05, 0) is 61.7 Å². The number of ether oxygens (including phenoxy) is 3. The Hall–Kier alpha value is -2.82. The van der Waals surface area contributed by atoms with E-state index in [9.17, 15) is 9.59 Å². The SMILES string of the molecule is CCCCCCCCCCOc1ccc(C(=O)CC(=O)c2ccc(OCCCCCCCCCC)c(OCCCCCCCCCC)c2)cc1. The van der Waals surface area contributed by atoms with Crippen LogP contribution in [0.1, 0.15) is 202 Å². The van der Waals surface area contributed by atoms with E-state index < -0.39 is 0 Å². The third-order valence-corrected chi connectivity index (χ3v) is 9.54. The molecule has 0 saturated carbocycles. The maximum atomic E-state index is 13.3. The second-order valence-corrected chi connectivity index (χ2v) is 14.2. The molecule has 0 unspecified atom stereocenters. The number of ketones is 2. The molecular formula is C45H72O5. The van der Waals surface area contributed by atoms with E-state index in [-0.39, 0.29) is 18.0 Å². The highest BCUT2D eigenvalue weighted by atomic mass is 16.5. The van der Waals surface area contributed by atoms with Crippen LogP contribution in [-0.2, 0) is 0 Å². The van der Waals surface area contributed by atoms with Crippen molar-refractivity contribution < 1.29 is 23.8 Å². The maximum Gasteiger partial charge on any atom is 0.170 e. The molecule has 282 valence electrons. The predicted molar refractivity (Wildman–Crippen MR) is 210 cm³/mol. The Bertz CT molecular complexity index is 1120. The van der Waals surface area contributed by atoms with Crippen molar-refractivity contribution in [2.75, 3.05) is 19.8 Å². The van der Waals surface area contributed by atoms with E-state index in [0.717, 1.165) is 37.9 Å². The lowest BCUT2D eigenvalue weighted by atomic mass is 10.0. The van der Waals surface area contributed by atoms with Crippen LogP contribution in [0.25, 0.3) is 0 Å². The molecule has 0 spiro atoms. The molecular weight excluding hydrogens is 620 g/mol. The summed E-state index contributed by atoms with van der Waals surface area (Å²) in [6, 6.07) is 12.6. The summed E-state index contributed by atoms with van der Waals surface area (Å²) in [5.74, 6) is 1.64. The molecule has 0 N–H and O–H groups in total. The van der Waals surface area contributed by atoms with E-state index in [2.05, 4.69) is 20.8 Å². The first-order valence-corrected chi connectivity index (χ1v) is 20.8. The standard InChI is InChI=1S/C45H72O5/c1-4-7-10-13-16-19-22-25-34-48-41-31-28-39(29-32-41)42(46)38-43(47)40-30-33-44(49-35-26-23-20-17-14-11-8-5-2)45(37-40)50-36-27-24-21-18-15-12-9-6-3/h28-33,37H,4-27,34-36,38H2,1-3H3. The highest BCUT2D eigenvalue weighted by Crippen LogP contribution is 2.30. The van der Waals surface area contributed by atoms with Crippen LogP contribution in [0.15, 0.2) is 42.5 Å². The molecule has 0 heterocycles. The summed E-state index contributed by atoms with van der Waals surface area (Å²) in [5, 5.41) is 0. The zero-order valence-corrected chi connectivity index (χ0v) is 32.4. The average molecular weight is 693 g/mol. The molecule has 0 aliphatic rings. The number of Topliss-reactive ketones (excluding diaryl/α,β-unsaturated/α-hetero) is 2.